The van der Waals surface area contributed by atoms with Gasteiger partial charge in [0.2, 0.25) is 5.88 Å². The Bertz CT molecular complexity index is 1000. The molecule has 0 saturated carbocycles. The van der Waals surface area contributed by atoms with Gasteiger partial charge in [0.05, 0.1) is 24.2 Å². The van der Waals surface area contributed by atoms with Crippen LogP contribution in [0.5, 0.6) is 5.88 Å². The third-order valence-electron chi connectivity index (χ3n) is 6.18. The first-order chi connectivity index (χ1) is 15.9. The number of hydrogen-bond acceptors (Lipinski definition) is 8. The zero-order valence-corrected chi connectivity index (χ0v) is 22.1. The third kappa shape index (κ3) is 6.19. The average Bonchev–Trinajstić information content (AvgIpc) is 2.82. The molecule has 0 unspecified atom stereocenters. The molecule has 2 aliphatic heterocycles. The van der Waals surface area contributed by atoms with E-state index >= 15 is 0 Å². The summed E-state index contributed by atoms with van der Waals surface area (Å²) >= 11 is 5.83. The fraction of sp³-hybridized carbons (Fsp3) is 0.522. The van der Waals surface area contributed by atoms with Gasteiger partial charge in [-0.2, -0.15) is 4.98 Å². The quantitative estimate of drug-likeness (QED) is 0.468. The number of nitrogens with zero attached hydrogens (tertiary/aromatic N) is 3. The summed E-state index contributed by atoms with van der Waals surface area (Å²) in [7, 11) is 1.70. The molecular formula is C23H26ClFN3NaO5. The monoisotopic (exact) mass is 501 g/mol. The number of ether oxygens (including phenoxy) is 3. The first kappa shape index (κ1) is 27.1. The second-order valence-electron chi connectivity index (χ2n) is 8.40. The fourth-order valence-electron chi connectivity index (χ4n) is 4.21. The van der Waals surface area contributed by atoms with Gasteiger partial charge in [0.1, 0.15) is 11.6 Å². The largest absolute Gasteiger partial charge is 1.00 e. The van der Waals surface area contributed by atoms with Gasteiger partial charge in [0.25, 0.3) is 0 Å². The van der Waals surface area contributed by atoms with Crippen molar-refractivity contribution in [2.24, 2.45) is 5.92 Å². The molecule has 34 heavy (non-hydrogen) atoms. The molecule has 8 nitrogen and oxygen atoms in total. The summed E-state index contributed by atoms with van der Waals surface area (Å²) in [5.41, 5.74) is -1.13. The number of halogens is 2. The molecule has 0 amide bonds. The van der Waals surface area contributed by atoms with Crippen LogP contribution in [0, 0.1) is 11.7 Å². The maximum Gasteiger partial charge on any atom is 1.00 e. The zero-order chi connectivity index (χ0) is 23.4. The molecule has 2 aromatic rings. The van der Waals surface area contributed by atoms with E-state index in [1.54, 1.807) is 19.2 Å². The first-order valence-corrected chi connectivity index (χ1v) is 11.3. The number of carbonyl (C=O) groups is 1. The number of benzene rings is 1. The molecule has 0 N–H and O–H groups in total. The molecule has 1 aromatic heterocycles. The predicted octanol–water partition coefficient (Wildman–Crippen LogP) is -0.519. The molecule has 2 fully saturated rings. The van der Waals surface area contributed by atoms with Crippen LogP contribution >= 0.6 is 11.6 Å². The average molecular weight is 502 g/mol. The van der Waals surface area contributed by atoms with Crippen molar-refractivity contribution >= 4 is 23.4 Å². The number of rotatable bonds is 7. The summed E-state index contributed by atoms with van der Waals surface area (Å²) < 4.78 is 30.7. The van der Waals surface area contributed by atoms with Crippen LogP contribution in [0.1, 0.15) is 25.7 Å². The molecule has 2 saturated heterocycles. The van der Waals surface area contributed by atoms with E-state index in [0.717, 1.165) is 25.9 Å². The van der Waals surface area contributed by atoms with Crippen molar-refractivity contribution in [2.75, 3.05) is 44.9 Å². The Morgan fingerprint density at radius 1 is 1.26 bits per heavy atom. The molecule has 0 atom stereocenters. The van der Waals surface area contributed by atoms with Gasteiger partial charge in [0, 0.05) is 51.3 Å². The van der Waals surface area contributed by atoms with Crippen LogP contribution in [0.4, 0.5) is 10.2 Å². The van der Waals surface area contributed by atoms with Crippen molar-refractivity contribution in [3.63, 3.8) is 0 Å². The Morgan fingerprint density at radius 2 is 1.97 bits per heavy atom. The third-order valence-corrected chi connectivity index (χ3v) is 6.49. The smallest absolute Gasteiger partial charge is 0.546 e. The molecule has 4 rings (SSSR count). The minimum atomic E-state index is -1.54. The van der Waals surface area contributed by atoms with Crippen LogP contribution in [-0.4, -0.2) is 61.6 Å². The van der Waals surface area contributed by atoms with Crippen LogP contribution in [0.3, 0.4) is 0 Å². The standard InChI is InChI=1S/C23H27ClFN3O5.Na/c1-31-14-15-4-8-28(9-5-15)19-13-20(33-23(22(29)30)6-10-32-11-7-23)27-21(26-19)16-2-3-17(24)18(25)12-16;/h2-3,12-13,15H,4-11,14H2,1H3,(H,29,30);/q;+1/p-1. The summed E-state index contributed by atoms with van der Waals surface area (Å²) in [4.78, 5) is 23.1. The van der Waals surface area contributed by atoms with Crippen LogP contribution < -0.4 is 44.3 Å². The molecule has 0 radical (unpaired) electrons. The van der Waals surface area contributed by atoms with Crippen molar-refractivity contribution < 1.29 is 58.1 Å². The number of anilines is 1. The summed E-state index contributed by atoms with van der Waals surface area (Å²) in [5.74, 6) is -0.542. The molecule has 0 aliphatic carbocycles. The summed E-state index contributed by atoms with van der Waals surface area (Å²) in [6.07, 6.45) is 2.14. The maximum absolute atomic E-state index is 14.1. The van der Waals surface area contributed by atoms with Gasteiger partial charge in [0.15, 0.2) is 11.4 Å². The molecule has 0 spiro atoms. The van der Waals surface area contributed by atoms with Crippen molar-refractivity contribution in [3.8, 4) is 17.3 Å². The van der Waals surface area contributed by atoms with Gasteiger partial charge in [-0.3, -0.25) is 0 Å². The molecule has 1 aromatic carbocycles. The van der Waals surface area contributed by atoms with E-state index in [4.69, 9.17) is 25.8 Å². The summed E-state index contributed by atoms with van der Waals surface area (Å²) in [5, 5.41) is 12.0. The topological polar surface area (TPSA) is 96.8 Å². The Hall–Kier alpha value is -1.49. The number of carboxylic acids is 1. The number of aromatic nitrogens is 2. The van der Waals surface area contributed by atoms with Crippen molar-refractivity contribution in [1.82, 2.24) is 9.97 Å². The molecular weight excluding hydrogens is 476 g/mol. The Morgan fingerprint density at radius 3 is 2.59 bits per heavy atom. The predicted molar refractivity (Wildman–Crippen MR) is 118 cm³/mol. The molecule has 2 aliphatic rings. The van der Waals surface area contributed by atoms with Crippen LogP contribution in [-0.2, 0) is 14.3 Å². The van der Waals surface area contributed by atoms with Crippen LogP contribution in [0.25, 0.3) is 11.4 Å². The number of methoxy groups -OCH3 is 1. The molecule has 178 valence electrons. The van der Waals surface area contributed by atoms with Gasteiger partial charge in [-0.15, -0.1) is 0 Å². The molecule has 11 heteroatoms. The fourth-order valence-corrected chi connectivity index (χ4v) is 4.32. The van der Waals surface area contributed by atoms with E-state index in [2.05, 4.69) is 14.9 Å². The Kier molecular flexibility index (Phi) is 9.54. The summed E-state index contributed by atoms with van der Waals surface area (Å²) in [6, 6.07) is 5.92. The second-order valence-corrected chi connectivity index (χ2v) is 8.81. The number of piperidine rings is 1. The Labute approximate surface area is 225 Å². The Balaban J connectivity index is 0.00000324. The van der Waals surface area contributed by atoms with Crippen LogP contribution in [0.15, 0.2) is 24.3 Å². The summed E-state index contributed by atoms with van der Waals surface area (Å²) in [6.45, 7) is 2.69. The van der Waals surface area contributed by atoms with E-state index in [0.29, 0.717) is 23.9 Å². The second kappa shape index (κ2) is 12.0. The normalized spacial score (nSPS) is 18.3. The van der Waals surface area contributed by atoms with E-state index in [9.17, 15) is 14.3 Å². The van der Waals surface area contributed by atoms with Crippen molar-refractivity contribution in [2.45, 2.75) is 31.3 Å². The number of carbonyl (C=O) groups excluding carboxylic acids is 1. The first-order valence-electron chi connectivity index (χ1n) is 11.0. The maximum atomic E-state index is 14.1. The minimum absolute atomic E-state index is 0. The van der Waals surface area contributed by atoms with Gasteiger partial charge >= 0.3 is 29.6 Å². The molecule has 3 heterocycles. The number of hydrogen-bond donors (Lipinski definition) is 0. The molecule has 0 bridgehead atoms. The van der Waals surface area contributed by atoms with Gasteiger partial charge in [-0.25, -0.2) is 9.37 Å². The van der Waals surface area contributed by atoms with E-state index in [-0.39, 0.29) is 72.3 Å². The number of aliphatic carboxylic acids is 1. The zero-order valence-electron chi connectivity index (χ0n) is 19.4. The van der Waals surface area contributed by atoms with Crippen LogP contribution in [0.2, 0.25) is 5.02 Å². The SMILES string of the molecule is COCC1CCN(c2cc(OC3(C(=O)[O-])CCOCC3)nc(-c3ccc(Cl)c(F)c3)n2)CC1.[Na+]. The van der Waals surface area contributed by atoms with E-state index in [1.165, 1.54) is 12.1 Å². The number of carboxylic acid groups (broad SMARTS) is 1. The van der Waals surface area contributed by atoms with Gasteiger partial charge in [-0.05, 0) is 37.0 Å². The minimum Gasteiger partial charge on any atom is -0.546 e. The van der Waals surface area contributed by atoms with Crippen molar-refractivity contribution in [1.29, 1.82) is 0 Å². The van der Waals surface area contributed by atoms with Crippen molar-refractivity contribution in [3.05, 3.63) is 35.1 Å². The van der Waals surface area contributed by atoms with Gasteiger partial charge < -0.3 is 29.0 Å². The van der Waals surface area contributed by atoms with E-state index < -0.39 is 17.4 Å². The van der Waals surface area contributed by atoms with Gasteiger partial charge in [-0.1, -0.05) is 11.6 Å². The van der Waals surface area contributed by atoms with E-state index in [1.807, 2.05) is 0 Å².